The Labute approximate surface area is 176 Å². The first-order chi connectivity index (χ1) is 13.7. The first kappa shape index (κ1) is 20.2. The Morgan fingerprint density at radius 1 is 1.07 bits per heavy atom. The van der Waals surface area contributed by atoms with Gasteiger partial charge in [-0.25, -0.2) is 8.42 Å². The van der Waals surface area contributed by atoms with E-state index in [1.54, 1.807) is 0 Å². The predicted molar refractivity (Wildman–Crippen MR) is 120 cm³/mol. The van der Waals surface area contributed by atoms with Crippen molar-refractivity contribution in [3.63, 3.8) is 0 Å². The van der Waals surface area contributed by atoms with Gasteiger partial charge in [-0.15, -0.1) is 0 Å². The minimum atomic E-state index is -3.08. The fourth-order valence-corrected chi connectivity index (χ4v) is 7.96. The number of nitrogens with zero attached hydrogens (tertiary/aromatic N) is 2. The molecule has 4 rings (SSSR count). The molecule has 7 heteroatoms. The molecular weight excluding hydrogens is 404 g/mol. The van der Waals surface area contributed by atoms with E-state index in [1.165, 1.54) is 11.8 Å². The van der Waals surface area contributed by atoms with Crippen LogP contribution in [0, 0.1) is 20.8 Å². The van der Waals surface area contributed by atoms with Crippen LogP contribution in [0.15, 0.2) is 47.5 Å². The van der Waals surface area contributed by atoms with Crippen LogP contribution < -0.4 is 4.90 Å². The Bertz CT molecular complexity index is 1070. The van der Waals surface area contributed by atoms with Crippen molar-refractivity contribution in [1.29, 1.82) is 0 Å². The highest BCUT2D eigenvalue weighted by atomic mass is 32.2. The fraction of sp³-hybridized carbons (Fsp3) is 0.364. The summed E-state index contributed by atoms with van der Waals surface area (Å²) in [5, 5.41) is 0.523. The molecular formula is C22H24N2O3S2. The van der Waals surface area contributed by atoms with Gasteiger partial charge in [0.05, 0.1) is 24.0 Å². The minimum absolute atomic E-state index is 0.0927. The number of carbonyl (C=O) groups excluding carboxylic acids is 1. The summed E-state index contributed by atoms with van der Waals surface area (Å²) in [5.74, 6) is 0.0221. The lowest BCUT2D eigenvalue weighted by atomic mass is 10.1. The SMILES string of the molecule is Cc1ccc(CC(=O)N=C2S[C@@H]3CS(=O)(=O)C[C@H]3N2c2c(C)cccc2C)cc1. The van der Waals surface area contributed by atoms with Gasteiger partial charge in [0.2, 0.25) is 0 Å². The number of aryl methyl sites for hydroxylation is 3. The normalized spacial score (nSPS) is 24.1. The number of carbonyl (C=O) groups is 1. The van der Waals surface area contributed by atoms with Crippen molar-refractivity contribution in [3.8, 4) is 0 Å². The van der Waals surface area contributed by atoms with Crippen LogP contribution in [0.3, 0.4) is 0 Å². The van der Waals surface area contributed by atoms with E-state index < -0.39 is 9.84 Å². The molecule has 2 aliphatic rings. The summed E-state index contributed by atoms with van der Waals surface area (Å²) in [6.07, 6.45) is 0.235. The lowest BCUT2D eigenvalue weighted by molar-refractivity contribution is -0.117. The molecule has 5 nitrogen and oxygen atoms in total. The monoisotopic (exact) mass is 428 g/mol. The van der Waals surface area contributed by atoms with Gasteiger partial charge < -0.3 is 4.90 Å². The zero-order valence-electron chi connectivity index (χ0n) is 16.8. The molecule has 0 N–H and O–H groups in total. The molecule has 1 amide bonds. The van der Waals surface area contributed by atoms with E-state index in [1.807, 2.05) is 68.1 Å². The number of hydrogen-bond donors (Lipinski definition) is 0. The van der Waals surface area contributed by atoms with Gasteiger partial charge in [0.1, 0.15) is 0 Å². The molecule has 0 bridgehead atoms. The third-order valence-corrected chi connectivity index (χ3v) is 8.65. The van der Waals surface area contributed by atoms with Gasteiger partial charge in [0.15, 0.2) is 15.0 Å². The van der Waals surface area contributed by atoms with Crippen molar-refractivity contribution in [2.24, 2.45) is 4.99 Å². The van der Waals surface area contributed by atoms with Gasteiger partial charge in [-0.1, -0.05) is 59.8 Å². The number of hydrogen-bond acceptors (Lipinski definition) is 4. The Balaban J connectivity index is 1.69. The van der Waals surface area contributed by atoms with Crippen LogP contribution in [0.5, 0.6) is 0 Å². The van der Waals surface area contributed by atoms with Crippen molar-refractivity contribution in [3.05, 3.63) is 64.7 Å². The summed E-state index contributed by atoms with van der Waals surface area (Å²) in [6, 6.07) is 13.7. The zero-order chi connectivity index (χ0) is 20.8. The van der Waals surface area contributed by atoms with E-state index in [0.29, 0.717) is 5.17 Å². The van der Waals surface area contributed by atoms with Gasteiger partial charge in [-0.3, -0.25) is 4.79 Å². The number of fused-ring (bicyclic) bond motifs is 1. The largest absolute Gasteiger partial charge is 0.315 e. The molecule has 2 fully saturated rings. The maximum atomic E-state index is 12.7. The Hall–Kier alpha value is -2.12. The summed E-state index contributed by atoms with van der Waals surface area (Å²) in [5.41, 5.74) is 5.14. The number of para-hydroxylation sites is 1. The standard InChI is InChI=1S/C22H24N2O3S2/c1-14-7-9-17(10-8-14)11-20(25)23-22-24(21-15(2)5-4-6-16(21)3)18-12-29(26,27)13-19(18)28-22/h4-10,18-19H,11-13H2,1-3H3/t18-,19-/m1/s1. The number of thioether (sulfide) groups is 1. The maximum Gasteiger partial charge on any atom is 0.252 e. The number of benzene rings is 2. The van der Waals surface area contributed by atoms with Gasteiger partial charge in [0, 0.05) is 10.9 Å². The Kier molecular flexibility index (Phi) is 5.29. The highest BCUT2D eigenvalue weighted by molar-refractivity contribution is 8.16. The van der Waals surface area contributed by atoms with Crippen molar-refractivity contribution in [2.75, 3.05) is 16.4 Å². The minimum Gasteiger partial charge on any atom is -0.315 e. The number of amidine groups is 1. The molecule has 2 heterocycles. The lowest BCUT2D eigenvalue weighted by Gasteiger charge is -2.28. The molecule has 2 aromatic carbocycles. The second-order valence-corrected chi connectivity index (χ2v) is 11.2. The number of sulfone groups is 1. The summed E-state index contributed by atoms with van der Waals surface area (Å²) in [4.78, 5) is 19.1. The number of rotatable bonds is 3. The molecule has 0 unspecified atom stereocenters. The van der Waals surface area contributed by atoms with Gasteiger partial charge in [-0.05, 0) is 37.5 Å². The predicted octanol–water partition coefficient (Wildman–Crippen LogP) is 3.46. The molecule has 0 aliphatic carbocycles. The average Bonchev–Trinajstić information content (AvgIpc) is 3.09. The topological polar surface area (TPSA) is 66.8 Å². The molecule has 2 atom stereocenters. The van der Waals surface area contributed by atoms with E-state index in [0.717, 1.165) is 27.9 Å². The van der Waals surface area contributed by atoms with E-state index in [4.69, 9.17) is 0 Å². The molecule has 2 saturated heterocycles. The quantitative estimate of drug-likeness (QED) is 0.749. The Morgan fingerprint density at radius 2 is 1.72 bits per heavy atom. The average molecular weight is 429 g/mol. The highest BCUT2D eigenvalue weighted by Gasteiger charge is 2.49. The van der Waals surface area contributed by atoms with Crippen LogP contribution in [0.25, 0.3) is 0 Å². The van der Waals surface area contributed by atoms with Crippen LogP contribution in [-0.2, 0) is 21.1 Å². The Morgan fingerprint density at radius 3 is 2.38 bits per heavy atom. The molecule has 0 spiro atoms. The smallest absolute Gasteiger partial charge is 0.252 e. The molecule has 0 saturated carbocycles. The number of anilines is 1. The second-order valence-electron chi connectivity index (χ2n) is 7.86. The molecule has 152 valence electrons. The number of amides is 1. The van der Waals surface area contributed by atoms with E-state index in [9.17, 15) is 13.2 Å². The van der Waals surface area contributed by atoms with Crippen LogP contribution in [0.1, 0.15) is 22.3 Å². The van der Waals surface area contributed by atoms with Crippen molar-refractivity contribution >= 4 is 38.4 Å². The maximum absolute atomic E-state index is 12.7. The van der Waals surface area contributed by atoms with E-state index in [2.05, 4.69) is 4.99 Å². The summed E-state index contributed by atoms with van der Waals surface area (Å²) in [6.45, 7) is 6.03. The number of aliphatic imine (C=N–C) groups is 1. The molecule has 29 heavy (non-hydrogen) atoms. The van der Waals surface area contributed by atoms with Crippen molar-refractivity contribution in [2.45, 2.75) is 38.5 Å². The first-order valence-corrected chi connectivity index (χ1v) is 12.3. The lowest BCUT2D eigenvalue weighted by Crippen LogP contribution is -2.38. The fourth-order valence-electron chi connectivity index (χ4n) is 4.04. The first-order valence-electron chi connectivity index (χ1n) is 9.63. The van der Waals surface area contributed by atoms with Crippen molar-refractivity contribution < 1.29 is 13.2 Å². The third kappa shape index (κ3) is 4.12. The van der Waals surface area contributed by atoms with Crippen LogP contribution >= 0.6 is 11.8 Å². The second kappa shape index (κ2) is 7.61. The van der Waals surface area contributed by atoms with Crippen LogP contribution in [-0.4, -0.2) is 42.3 Å². The van der Waals surface area contributed by atoms with E-state index in [-0.39, 0.29) is 35.1 Å². The summed E-state index contributed by atoms with van der Waals surface area (Å²) >= 11 is 1.42. The van der Waals surface area contributed by atoms with Crippen LogP contribution in [0.4, 0.5) is 5.69 Å². The van der Waals surface area contributed by atoms with Gasteiger partial charge in [-0.2, -0.15) is 4.99 Å². The summed E-state index contributed by atoms with van der Waals surface area (Å²) < 4.78 is 24.5. The van der Waals surface area contributed by atoms with Crippen molar-refractivity contribution in [1.82, 2.24) is 0 Å². The molecule has 0 radical (unpaired) electrons. The van der Waals surface area contributed by atoms with Crippen LogP contribution in [0.2, 0.25) is 0 Å². The highest BCUT2D eigenvalue weighted by Crippen LogP contribution is 2.43. The van der Waals surface area contributed by atoms with Gasteiger partial charge in [0.25, 0.3) is 5.91 Å². The molecule has 2 aliphatic heterocycles. The molecule has 0 aromatic heterocycles. The third-order valence-electron chi connectivity index (χ3n) is 5.44. The summed E-state index contributed by atoms with van der Waals surface area (Å²) in [7, 11) is -3.08. The van der Waals surface area contributed by atoms with E-state index >= 15 is 0 Å². The van der Waals surface area contributed by atoms with Gasteiger partial charge >= 0.3 is 0 Å². The molecule has 2 aromatic rings. The zero-order valence-corrected chi connectivity index (χ0v) is 18.4.